The lowest BCUT2D eigenvalue weighted by atomic mass is 10.1. The van der Waals surface area contributed by atoms with Gasteiger partial charge in [0.25, 0.3) is 11.8 Å². The standard InChI is InChI=1S/C36H27Cl2N3O3S/c37-27-20-19-26(31(38)22-27)21-32(41-34(42)25-13-6-2-7-14-25)35(43)40-29-17-10-18-30(23-29)45-33(24-11-4-1-5-12-24)36(44)39-28-15-8-3-9-16-28/h1-23,33H,(H,39,44)(H,40,43)(H,41,42)/b32-21+. The Balaban J connectivity index is 1.39. The lowest BCUT2D eigenvalue weighted by molar-refractivity contribution is -0.116. The number of hydrogen-bond acceptors (Lipinski definition) is 4. The molecule has 0 fully saturated rings. The Bertz CT molecular complexity index is 1840. The summed E-state index contributed by atoms with van der Waals surface area (Å²) in [6.07, 6.45) is 1.49. The zero-order chi connectivity index (χ0) is 31.6. The Morgan fingerprint density at radius 2 is 1.31 bits per heavy atom. The third-order valence-corrected chi connectivity index (χ3v) is 8.33. The number of carbonyl (C=O) groups is 3. The van der Waals surface area contributed by atoms with Crippen LogP contribution < -0.4 is 16.0 Å². The van der Waals surface area contributed by atoms with E-state index >= 15 is 0 Å². The van der Waals surface area contributed by atoms with E-state index in [0.29, 0.717) is 32.5 Å². The molecule has 5 rings (SSSR count). The van der Waals surface area contributed by atoms with Gasteiger partial charge >= 0.3 is 0 Å². The van der Waals surface area contributed by atoms with Gasteiger partial charge in [-0.25, -0.2) is 0 Å². The predicted octanol–water partition coefficient (Wildman–Crippen LogP) is 8.88. The first-order chi connectivity index (χ1) is 21.9. The number of para-hydroxylation sites is 1. The van der Waals surface area contributed by atoms with Crippen LogP contribution in [0.1, 0.15) is 26.7 Å². The van der Waals surface area contributed by atoms with Gasteiger partial charge in [0, 0.05) is 31.9 Å². The second kappa shape index (κ2) is 15.3. The van der Waals surface area contributed by atoms with E-state index in [2.05, 4.69) is 16.0 Å². The summed E-state index contributed by atoms with van der Waals surface area (Å²) in [5.74, 6) is -1.20. The summed E-state index contributed by atoms with van der Waals surface area (Å²) in [6.45, 7) is 0. The maximum absolute atomic E-state index is 13.6. The first-order valence-electron chi connectivity index (χ1n) is 13.9. The maximum Gasteiger partial charge on any atom is 0.272 e. The lowest BCUT2D eigenvalue weighted by Crippen LogP contribution is -2.30. The lowest BCUT2D eigenvalue weighted by Gasteiger charge is -2.18. The van der Waals surface area contributed by atoms with Crippen molar-refractivity contribution < 1.29 is 14.4 Å². The number of thioether (sulfide) groups is 1. The Labute approximate surface area is 275 Å². The van der Waals surface area contributed by atoms with Crippen molar-refractivity contribution in [3.05, 3.63) is 166 Å². The highest BCUT2D eigenvalue weighted by atomic mass is 35.5. The van der Waals surface area contributed by atoms with Crippen LogP contribution in [0.2, 0.25) is 10.0 Å². The van der Waals surface area contributed by atoms with Crippen LogP contribution in [0.15, 0.2) is 144 Å². The molecule has 1 unspecified atom stereocenters. The first-order valence-corrected chi connectivity index (χ1v) is 15.5. The van der Waals surface area contributed by atoms with Gasteiger partial charge in [-0.2, -0.15) is 0 Å². The van der Waals surface area contributed by atoms with Crippen molar-refractivity contribution in [2.24, 2.45) is 0 Å². The Morgan fingerprint density at radius 3 is 2.00 bits per heavy atom. The highest BCUT2D eigenvalue weighted by Gasteiger charge is 2.23. The van der Waals surface area contributed by atoms with Crippen molar-refractivity contribution in [3.8, 4) is 0 Å². The third-order valence-electron chi connectivity index (χ3n) is 6.52. The van der Waals surface area contributed by atoms with Crippen LogP contribution in [0.3, 0.4) is 0 Å². The molecule has 0 aliphatic heterocycles. The monoisotopic (exact) mass is 651 g/mol. The average Bonchev–Trinajstić information content (AvgIpc) is 3.06. The molecule has 45 heavy (non-hydrogen) atoms. The number of hydrogen-bond donors (Lipinski definition) is 3. The topological polar surface area (TPSA) is 87.3 Å². The summed E-state index contributed by atoms with van der Waals surface area (Å²) in [7, 11) is 0. The van der Waals surface area contributed by atoms with Crippen LogP contribution in [0, 0.1) is 0 Å². The van der Waals surface area contributed by atoms with Crippen LogP contribution >= 0.6 is 35.0 Å². The van der Waals surface area contributed by atoms with E-state index in [1.165, 1.54) is 17.8 Å². The Hall–Kier alpha value is -4.82. The molecular weight excluding hydrogens is 625 g/mol. The zero-order valence-corrected chi connectivity index (χ0v) is 26.1. The molecule has 0 spiro atoms. The van der Waals surface area contributed by atoms with Crippen molar-refractivity contribution in [2.45, 2.75) is 10.1 Å². The quantitative estimate of drug-likeness (QED) is 0.104. The molecule has 0 aliphatic rings. The van der Waals surface area contributed by atoms with E-state index in [1.54, 1.807) is 66.7 Å². The number of benzene rings is 5. The maximum atomic E-state index is 13.6. The third kappa shape index (κ3) is 8.86. The van der Waals surface area contributed by atoms with Crippen LogP contribution in [0.5, 0.6) is 0 Å². The predicted molar refractivity (Wildman–Crippen MR) is 184 cm³/mol. The molecular formula is C36H27Cl2N3O3S. The SMILES string of the molecule is O=C(Nc1cccc(SC(C(=O)Nc2ccccc2)c2ccccc2)c1)/C(=C\c1ccc(Cl)cc1Cl)NC(=O)c1ccccc1. The van der Waals surface area contributed by atoms with Gasteiger partial charge < -0.3 is 16.0 Å². The molecule has 0 bridgehead atoms. The number of nitrogens with one attached hydrogen (secondary N) is 3. The van der Waals surface area contributed by atoms with E-state index < -0.39 is 17.1 Å². The highest BCUT2D eigenvalue weighted by molar-refractivity contribution is 8.00. The van der Waals surface area contributed by atoms with E-state index in [4.69, 9.17) is 23.2 Å². The van der Waals surface area contributed by atoms with E-state index in [9.17, 15) is 14.4 Å². The fourth-order valence-electron chi connectivity index (χ4n) is 4.33. The molecule has 5 aromatic rings. The molecule has 5 aromatic carbocycles. The largest absolute Gasteiger partial charge is 0.325 e. The van der Waals surface area contributed by atoms with Gasteiger partial charge in [-0.05, 0) is 71.8 Å². The smallest absolute Gasteiger partial charge is 0.272 e. The van der Waals surface area contributed by atoms with E-state index in [-0.39, 0.29) is 11.6 Å². The van der Waals surface area contributed by atoms with Crippen LogP contribution in [0.4, 0.5) is 11.4 Å². The molecule has 0 heterocycles. The summed E-state index contributed by atoms with van der Waals surface area (Å²) in [4.78, 5) is 40.8. The molecule has 3 amide bonds. The second-order valence-electron chi connectivity index (χ2n) is 9.79. The molecule has 3 N–H and O–H groups in total. The fraction of sp³-hybridized carbons (Fsp3) is 0.0278. The van der Waals surface area contributed by atoms with Gasteiger partial charge in [-0.3, -0.25) is 14.4 Å². The first kappa shape index (κ1) is 31.6. The van der Waals surface area contributed by atoms with Crippen molar-refractivity contribution in [2.75, 3.05) is 10.6 Å². The van der Waals surface area contributed by atoms with Crippen molar-refractivity contribution in [1.29, 1.82) is 0 Å². The summed E-state index contributed by atoms with van der Waals surface area (Å²) >= 11 is 13.8. The molecule has 0 aliphatic carbocycles. The summed E-state index contributed by atoms with van der Waals surface area (Å²) < 4.78 is 0. The number of anilines is 2. The van der Waals surface area contributed by atoms with Gasteiger partial charge in [0.15, 0.2) is 0 Å². The van der Waals surface area contributed by atoms with Crippen molar-refractivity contribution in [3.63, 3.8) is 0 Å². The minimum absolute atomic E-state index is 0.0180. The molecule has 0 saturated carbocycles. The summed E-state index contributed by atoms with van der Waals surface area (Å²) in [5, 5.41) is 8.76. The number of amides is 3. The molecule has 0 saturated heterocycles. The molecule has 1 atom stereocenters. The number of halogens is 2. The minimum atomic E-state index is -0.565. The van der Waals surface area contributed by atoms with Crippen LogP contribution in [0.25, 0.3) is 6.08 Å². The second-order valence-corrected chi connectivity index (χ2v) is 11.8. The normalized spacial score (nSPS) is 11.7. The molecule has 0 radical (unpaired) electrons. The van der Waals surface area contributed by atoms with Crippen LogP contribution in [-0.2, 0) is 9.59 Å². The zero-order valence-electron chi connectivity index (χ0n) is 23.7. The minimum Gasteiger partial charge on any atom is -0.325 e. The Kier molecular flexibility index (Phi) is 10.7. The summed E-state index contributed by atoms with van der Waals surface area (Å²) in [6, 6.07) is 39.4. The van der Waals surface area contributed by atoms with Gasteiger partial charge in [0.1, 0.15) is 10.9 Å². The fourth-order valence-corrected chi connectivity index (χ4v) is 5.87. The molecule has 6 nitrogen and oxygen atoms in total. The van der Waals surface area contributed by atoms with Gasteiger partial charge in [0.05, 0.1) is 0 Å². The molecule has 0 aromatic heterocycles. The molecule has 224 valence electrons. The highest BCUT2D eigenvalue weighted by Crippen LogP contribution is 2.37. The Morgan fingerprint density at radius 1 is 0.667 bits per heavy atom. The van der Waals surface area contributed by atoms with Crippen LogP contribution in [-0.4, -0.2) is 17.7 Å². The molecule has 9 heteroatoms. The van der Waals surface area contributed by atoms with Crippen molar-refractivity contribution >= 4 is 70.1 Å². The number of rotatable bonds is 10. The van der Waals surface area contributed by atoms with Gasteiger partial charge in [-0.1, -0.05) is 102 Å². The average molecular weight is 653 g/mol. The van der Waals surface area contributed by atoms with Gasteiger partial charge in [0.2, 0.25) is 5.91 Å². The summed E-state index contributed by atoms with van der Waals surface area (Å²) in [5.41, 5.74) is 2.87. The van der Waals surface area contributed by atoms with Crippen molar-refractivity contribution in [1.82, 2.24) is 5.32 Å². The van der Waals surface area contributed by atoms with E-state index in [0.717, 1.165) is 10.5 Å². The van der Waals surface area contributed by atoms with E-state index in [1.807, 2.05) is 66.7 Å². The number of carbonyl (C=O) groups excluding carboxylic acids is 3. The van der Waals surface area contributed by atoms with Gasteiger partial charge in [-0.15, -0.1) is 11.8 Å².